The van der Waals surface area contributed by atoms with Gasteiger partial charge in [0.2, 0.25) is 0 Å². The highest BCUT2D eigenvalue weighted by atomic mass is 16.6. The lowest BCUT2D eigenvalue weighted by Crippen LogP contribution is -2.24. The molecule has 0 saturated carbocycles. The van der Waals surface area contributed by atoms with Crippen LogP contribution in [0.25, 0.3) is 0 Å². The molecule has 0 aliphatic heterocycles. The molecule has 0 amide bonds. The molecule has 0 heterocycles. The van der Waals surface area contributed by atoms with Crippen molar-refractivity contribution in [3.8, 4) is 189 Å². The standard InChI is InChI=1S/C39H12O5/c1-3-5-7-9-11-13-15-17-19-21-23-25-27-29-31-33-38(41)43-35-37(40)36-44-39(42)34-32-30-28-26-24-22-20-18-16-14-12-10-8-6-4-2/h37,40H,35-36H2,1-2H3. The lowest BCUT2D eigenvalue weighted by atomic mass is 10.4. The molecule has 0 spiro atoms. The summed E-state index contributed by atoms with van der Waals surface area (Å²) in [6.45, 7) is 2.38. The Bertz CT molecular complexity index is 2020. The Hall–Kier alpha value is -8.14. The second-order valence-electron chi connectivity index (χ2n) is 6.10. The van der Waals surface area contributed by atoms with Crippen molar-refractivity contribution in [1.29, 1.82) is 0 Å². The maximum absolute atomic E-state index is 11.5. The number of carbonyl (C=O) groups excluding carboxylic acids is 2. The highest BCUT2D eigenvalue weighted by Gasteiger charge is 2.09. The van der Waals surface area contributed by atoms with Gasteiger partial charge in [-0.2, -0.15) is 0 Å². The molecule has 0 unspecified atom stereocenters. The lowest BCUT2D eigenvalue weighted by Gasteiger charge is -2.08. The third-order valence-electron chi connectivity index (χ3n) is 3.02. The van der Waals surface area contributed by atoms with Crippen molar-refractivity contribution in [2.24, 2.45) is 0 Å². The van der Waals surface area contributed by atoms with Crippen LogP contribution < -0.4 is 0 Å². The summed E-state index contributed by atoms with van der Waals surface area (Å²) in [5.41, 5.74) is 0. The highest BCUT2D eigenvalue weighted by Crippen LogP contribution is 1.89. The topological polar surface area (TPSA) is 72.8 Å². The fourth-order valence-electron chi connectivity index (χ4n) is 1.50. The van der Waals surface area contributed by atoms with Gasteiger partial charge < -0.3 is 14.6 Å². The summed E-state index contributed by atoms with van der Waals surface area (Å²) in [6.07, 6.45) is -1.30. The van der Waals surface area contributed by atoms with Crippen molar-refractivity contribution in [2.45, 2.75) is 20.0 Å². The van der Waals surface area contributed by atoms with E-state index in [-0.39, 0.29) is 0 Å². The van der Waals surface area contributed by atoms with Crippen LogP contribution in [-0.4, -0.2) is 36.4 Å². The number of ether oxygens (including phenoxy) is 2. The lowest BCUT2D eigenvalue weighted by molar-refractivity contribution is -0.145. The molecule has 0 aliphatic carbocycles. The molecule has 0 atom stereocenters. The van der Waals surface area contributed by atoms with Gasteiger partial charge in [-0.05, 0) is 180 Å². The van der Waals surface area contributed by atoms with E-state index < -0.39 is 31.3 Å². The maximum Gasteiger partial charge on any atom is 0.385 e. The third kappa shape index (κ3) is 28.4. The summed E-state index contributed by atoms with van der Waals surface area (Å²) in [5.74, 6) is 75.4. The first-order valence-electron chi connectivity index (χ1n) is 11.5. The number of carbonyl (C=O) groups is 2. The van der Waals surface area contributed by atoms with E-state index in [1.54, 1.807) is 13.8 Å². The quantitative estimate of drug-likeness (QED) is 0.286. The predicted molar refractivity (Wildman–Crippen MR) is 164 cm³/mol. The highest BCUT2D eigenvalue weighted by molar-refractivity contribution is 5.89. The van der Waals surface area contributed by atoms with Gasteiger partial charge >= 0.3 is 11.9 Å². The Morgan fingerprint density at radius 1 is 0.409 bits per heavy atom. The Labute approximate surface area is 258 Å². The molecule has 0 radical (unpaired) electrons. The van der Waals surface area contributed by atoms with E-state index in [9.17, 15) is 14.7 Å². The summed E-state index contributed by atoms with van der Waals surface area (Å²) >= 11 is 0. The van der Waals surface area contributed by atoms with E-state index in [2.05, 4.69) is 189 Å². The third-order valence-corrected chi connectivity index (χ3v) is 3.02. The van der Waals surface area contributed by atoms with Gasteiger partial charge in [-0.1, -0.05) is 11.8 Å². The van der Waals surface area contributed by atoms with Gasteiger partial charge in [0.15, 0.2) is 0 Å². The van der Waals surface area contributed by atoms with Crippen molar-refractivity contribution in [3.05, 3.63) is 0 Å². The fourth-order valence-corrected chi connectivity index (χ4v) is 1.50. The molecule has 0 aromatic rings. The zero-order chi connectivity index (χ0) is 32.2. The van der Waals surface area contributed by atoms with Crippen molar-refractivity contribution < 1.29 is 24.2 Å². The van der Waals surface area contributed by atoms with Gasteiger partial charge in [0.1, 0.15) is 19.3 Å². The average Bonchev–Trinajstić information content (AvgIpc) is 3.02. The van der Waals surface area contributed by atoms with Gasteiger partial charge in [0.25, 0.3) is 0 Å². The van der Waals surface area contributed by atoms with Crippen molar-refractivity contribution in [3.63, 3.8) is 0 Å². The first-order valence-corrected chi connectivity index (χ1v) is 11.5. The molecule has 0 aromatic carbocycles. The second-order valence-corrected chi connectivity index (χ2v) is 6.10. The molecular weight excluding hydrogens is 548 g/mol. The summed E-state index contributed by atoms with van der Waals surface area (Å²) in [6, 6.07) is 0. The minimum atomic E-state index is -1.30. The maximum atomic E-state index is 11.5. The molecule has 0 aliphatic rings. The predicted octanol–water partition coefficient (Wildman–Crippen LogP) is -0.472. The smallest absolute Gasteiger partial charge is 0.385 e. The first-order chi connectivity index (χ1) is 21.6. The number of rotatable bonds is 4. The number of hydrogen-bond acceptors (Lipinski definition) is 5. The average molecular weight is 561 g/mol. The first kappa shape index (κ1) is 35.9. The molecule has 0 saturated heterocycles. The van der Waals surface area contributed by atoms with Crippen LogP contribution in [-0.2, 0) is 19.1 Å². The zero-order valence-corrected chi connectivity index (χ0v) is 23.1. The van der Waals surface area contributed by atoms with Crippen molar-refractivity contribution in [2.75, 3.05) is 13.2 Å². The van der Waals surface area contributed by atoms with Crippen LogP contribution in [0.15, 0.2) is 0 Å². The van der Waals surface area contributed by atoms with E-state index in [0.717, 1.165) is 0 Å². The van der Waals surface area contributed by atoms with E-state index >= 15 is 0 Å². The molecule has 0 fully saturated rings. The van der Waals surface area contributed by atoms with Crippen LogP contribution in [0.4, 0.5) is 0 Å². The zero-order valence-electron chi connectivity index (χ0n) is 23.1. The SMILES string of the molecule is CC#CC#CC#CC#CC#CC#CC#CC#CC(=O)OCC(O)COC(=O)C#CC#CC#CC#CC#CC#CC#CC#CC. The number of hydrogen-bond donors (Lipinski definition) is 1. The molecule has 5 heteroatoms. The summed E-state index contributed by atoms with van der Waals surface area (Å²) in [7, 11) is 0. The van der Waals surface area contributed by atoms with Gasteiger partial charge in [0, 0.05) is 11.8 Å². The molecule has 0 rings (SSSR count). The largest absolute Gasteiger partial charge is 0.453 e. The van der Waals surface area contributed by atoms with Crippen LogP contribution in [0.3, 0.4) is 0 Å². The molecule has 0 aromatic heterocycles. The fraction of sp³-hybridized carbons (Fsp3) is 0.128. The van der Waals surface area contributed by atoms with Crippen LogP contribution in [0.2, 0.25) is 0 Å². The number of aliphatic hydroxyl groups excluding tert-OH is 1. The molecular formula is C39H12O5. The van der Waals surface area contributed by atoms with Gasteiger partial charge in [-0.3, -0.25) is 0 Å². The minimum Gasteiger partial charge on any atom is -0.453 e. The Morgan fingerprint density at radius 3 is 0.841 bits per heavy atom. The van der Waals surface area contributed by atoms with Gasteiger partial charge in [-0.25, -0.2) is 9.59 Å². The van der Waals surface area contributed by atoms with E-state index in [1.807, 2.05) is 0 Å². The number of esters is 2. The summed E-state index contributed by atoms with van der Waals surface area (Å²) in [4.78, 5) is 23.1. The normalized spacial score (nSPS) is 5.55. The van der Waals surface area contributed by atoms with Gasteiger partial charge in [-0.15, -0.1) is 0 Å². The molecule has 0 bridgehead atoms. The molecule has 44 heavy (non-hydrogen) atoms. The monoisotopic (exact) mass is 560 g/mol. The Kier molecular flexibility index (Phi) is 24.0. The minimum absolute atomic E-state index is 0.475. The Balaban J connectivity index is 4.41. The van der Waals surface area contributed by atoms with Gasteiger partial charge in [0.05, 0.1) is 0 Å². The molecule has 198 valence electrons. The van der Waals surface area contributed by atoms with Crippen molar-refractivity contribution >= 4 is 11.9 Å². The molecule has 5 nitrogen and oxygen atoms in total. The number of aliphatic hydroxyl groups is 1. The van der Waals surface area contributed by atoms with E-state index in [1.165, 1.54) is 0 Å². The van der Waals surface area contributed by atoms with E-state index in [0.29, 0.717) is 0 Å². The molecule has 1 N–H and O–H groups in total. The van der Waals surface area contributed by atoms with Crippen molar-refractivity contribution in [1.82, 2.24) is 0 Å². The van der Waals surface area contributed by atoms with Crippen LogP contribution in [0.5, 0.6) is 0 Å². The van der Waals surface area contributed by atoms with Crippen LogP contribution in [0, 0.1) is 189 Å². The van der Waals surface area contributed by atoms with E-state index in [4.69, 9.17) is 9.47 Å². The summed E-state index contributed by atoms with van der Waals surface area (Å²) in [5, 5.41) is 9.73. The van der Waals surface area contributed by atoms with Crippen LogP contribution >= 0.6 is 0 Å². The second kappa shape index (κ2) is 29.4. The summed E-state index contributed by atoms with van der Waals surface area (Å²) < 4.78 is 9.43. The Morgan fingerprint density at radius 2 is 0.614 bits per heavy atom. The van der Waals surface area contributed by atoms with Crippen LogP contribution in [0.1, 0.15) is 13.8 Å².